The highest BCUT2D eigenvalue weighted by Crippen LogP contribution is 2.34. The fraction of sp³-hybridized carbons (Fsp3) is 0.200. The maximum atomic E-state index is 9.25. The predicted octanol–water partition coefficient (Wildman–Crippen LogP) is 2.53. The Labute approximate surface area is 117 Å². The van der Waals surface area contributed by atoms with Gasteiger partial charge in [0.05, 0.1) is 14.2 Å². The van der Waals surface area contributed by atoms with E-state index in [2.05, 4.69) is 11.1 Å². The second-order valence-corrected chi connectivity index (χ2v) is 4.25. The van der Waals surface area contributed by atoms with Crippen molar-refractivity contribution in [3.05, 3.63) is 35.5 Å². The fourth-order valence-corrected chi connectivity index (χ4v) is 2.05. The molecule has 2 aromatic rings. The van der Waals surface area contributed by atoms with Crippen molar-refractivity contribution >= 4 is 5.82 Å². The van der Waals surface area contributed by atoms with Gasteiger partial charge in [-0.25, -0.2) is 4.98 Å². The second kappa shape index (κ2) is 5.49. The van der Waals surface area contributed by atoms with E-state index in [9.17, 15) is 5.26 Å². The molecule has 0 aliphatic rings. The molecule has 0 fully saturated rings. The van der Waals surface area contributed by atoms with Crippen molar-refractivity contribution in [3.8, 4) is 28.7 Å². The van der Waals surface area contributed by atoms with E-state index >= 15 is 0 Å². The highest BCUT2D eigenvalue weighted by molar-refractivity contribution is 5.77. The SMILES string of the molecule is COc1ccc(-c2cc(C)nc(N)c2C#N)cc1OC. The Kier molecular flexibility index (Phi) is 3.76. The molecule has 0 spiro atoms. The van der Waals surface area contributed by atoms with Gasteiger partial charge in [0.1, 0.15) is 17.5 Å². The minimum Gasteiger partial charge on any atom is -0.493 e. The van der Waals surface area contributed by atoms with Crippen molar-refractivity contribution in [1.29, 1.82) is 5.26 Å². The number of aromatic nitrogens is 1. The van der Waals surface area contributed by atoms with E-state index in [0.717, 1.165) is 16.8 Å². The number of rotatable bonds is 3. The van der Waals surface area contributed by atoms with Crippen LogP contribution in [0.25, 0.3) is 11.1 Å². The summed E-state index contributed by atoms with van der Waals surface area (Å²) in [6, 6.07) is 9.39. The zero-order valence-corrected chi connectivity index (χ0v) is 11.6. The molecule has 20 heavy (non-hydrogen) atoms. The van der Waals surface area contributed by atoms with Crippen LogP contribution in [0.2, 0.25) is 0 Å². The first-order valence-corrected chi connectivity index (χ1v) is 6.00. The highest BCUT2D eigenvalue weighted by atomic mass is 16.5. The van der Waals surface area contributed by atoms with Crippen LogP contribution in [0.1, 0.15) is 11.3 Å². The van der Waals surface area contributed by atoms with E-state index in [-0.39, 0.29) is 5.82 Å². The summed E-state index contributed by atoms with van der Waals surface area (Å²) >= 11 is 0. The zero-order valence-electron chi connectivity index (χ0n) is 11.6. The van der Waals surface area contributed by atoms with Gasteiger partial charge in [0.25, 0.3) is 0 Å². The largest absolute Gasteiger partial charge is 0.493 e. The maximum Gasteiger partial charge on any atom is 0.161 e. The van der Waals surface area contributed by atoms with Gasteiger partial charge in [-0.3, -0.25) is 0 Å². The van der Waals surface area contributed by atoms with Crippen LogP contribution < -0.4 is 15.2 Å². The summed E-state index contributed by atoms with van der Waals surface area (Å²) in [5.74, 6) is 1.47. The molecule has 0 saturated carbocycles. The lowest BCUT2D eigenvalue weighted by Crippen LogP contribution is -1.99. The van der Waals surface area contributed by atoms with E-state index < -0.39 is 0 Å². The molecular formula is C15H15N3O2. The zero-order chi connectivity index (χ0) is 14.7. The lowest BCUT2D eigenvalue weighted by atomic mass is 10.00. The van der Waals surface area contributed by atoms with Crippen LogP contribution in [0.15, 0.2) is 24.3 Å². The Balaban J connectivity index is 2.66. The number of aryl methyl sites for hydroxylation is 1. The van der Waals surface area contributed by atoms with E-state index in [1.165, 1.54) is 0 Å². The van der Waals surface area contributed by atoms with E-state index in [4.69, 9.17) is 15.2 Å². The van der Waals surface area contributed by atoms with Gasteiger partial charge >= 0.3 is 0 Å². The van der Waals surface area contributed by atoms with Gasteiger partial charge < -0.3 is 15.2 Å². The number of ether oxygens (including phenoxy) is 2. The molecule has 0 bridgehead atoms. The number of nitrogens with zero attached hydrogens (tertiary/aromatic N) is 2. The topological polar surface area (TPSA) is 81.2 Å². The third kappa shape index (κ3) is 2.36. The molecular weight excluding hydrogens is 254 g/mol. The molecule has 1 aromatic heterocycles. The molecule has 1 heterocycles. The average Bonchev–Trinajstić information content (AvgIpc) is 2.45. The lowest BCUT2D eigenvalue weighted by molar-refractivity contribution is 0.355. The van der Waals surface area contributed by atoms with Crippen molar-refractivity contribution in [3.63, 3.8) is 0 Å². The van der Waals surface area contributed by atoms with Gasteiger partial charge in [-0.2, -0.15) is 5.26 Å². The first-order chi connectivity index (χ1) is 9.60. The third-order valence-electron chi connectivity index (χ3n) is 2.98. The van der Waals surface area contributed by atoms with Gasteiger partial charge in [-0.15, -0.1) is 0 Å². The quantitative estimate of drug-likeness (QED) is 0.926. The summed E-state index contributed by atoms with van der Waals surface area (Å²) in [6.45, 7) is 1.84. The monoisotopic (exact) mass is 269 g/mol. The number of nitrogens with two attached hydrogens (primary N) is 1. The number of nitrogen functional groups attached to an aromatic ring is 1. The van der Waals surface area contributed by atoms with E-state index in [1.54, 1.807) is 20.3 Å². The van der Waals surface area contributed by atoms with Gasteiger partial charge in [0.15, 0.2) is 11.5 Å². The summed E-state index contributed by atoms with van der Waals surface area (Å²) in [5.41, 5.74) is 8.49. The molecule has 0 atom stereocenters. The lowest BCUT2D eigenvalue weighted by Gasteiger charge is -2.12. The molecule has 2 rings (SSSR count). The Morgan fingerprint density at radius 3 is 2.45 bits per heavy atom. The van der Waals surface area contributed by atoms with Crippen LogP contribution in [0.5, 0.6) is 11.5 Å². The highest BCUT2D eigenvalue weighted by Gasteiger charge is 2.13. The standard InChI is InChI=1S/C15H15N3O2/c1-9-6-11(12(8-16)15(17)18-9)10-4-5-13(19-2)14(7-10)20-3/h4-7H,1-3H3,(H2,17,18). The molecule has 102 valence electrons. The van der Waals surface area contributed by atoms with Gasteiger partial charge in [0.2, 0.25) is 0 Å². The second-order valence-electron chi connectivity index (χ2n) is 4.25. The van der Waals surface area contributed by atoms with Gasteiger partial charge in [0, 0.05) is 11.3 Å². The van der Waals surface area contributed by atoms with E-state index in [1.807, 2.05) is 25.1 Å². The first kappa shape index (κ1) is 13.7. The predicted molar refractivity (Wildman–Crippen MR) is 76.6 cm³/mol. The van der Waals surface area contributed by atoms with Crippen LogP contribution in [0.3, 0.4) is 0 Å². The van der Waals surface area contributed by atoms with Crippen molar-refractivity contribution in [1.82, 2.24) is 4.98 Å². The van der Waals surface area contributed by atoms with Gasteiger partial charge in [-0.1, -0.05) is 6.07 Å². The minimum atomic E-state index is 0.234. The summed E-state index contributed by atoms with van der Waals surface area (Å²) in [5, 5.41) is 9.25. The number of methoxy groups -OCH3 is 2. The Bertz CT molecular complexity index is 690. The molecule has 0 aliphatic heterocycles. The summed E-state index contributed by atoms with van der Waals surface area (Å²) in [7, 11) is 3.14. The Morgan fingerprint density at radius 1 is 1.15 bits per heavy atom. The Morgan fingerprint density at radius 2 is 1.85 bits per heavy atom. The van der Waals surface area contributed by atoms with E-state index in [0.29, 0.717) is 17.1 Å². The third-order valence-corrected chi connectivity index (χ3v) is 2.98. The molecule has 0 unspecified atom stereocenters. The van der Waals surface area contributed by atoms with Crippen LogP contribution in [-0.2, 0) is 0 Å². The van der Waals surface area contributed by atoms with Crippen LogP contribution >= 0.6 is 0 Å². The molecule has 0 aliphatic carbocycles. The maximum absolute atomic E-state index is 9.25. The van der Waals surface area contributed by atoms with Crippen molar-refractivity contribution in [2.45, 2.75) is 6.92 Å². The van der Waals surface area contributed by atoms with Gasteiger partial charge in [-0.05, 0) is 30.7 Å². The number of hydrogen-bond donors (Lipinski definition) is 1. The molecule has 0 amide bonds. The van der Waals surface area contributed by atoms with Crippen LogP contribution in [-0.4, -0.2) is 19.2 Å². The summed E-state index contributed by atoms with van der Waals surface area (Å²) in [6.07, 6.45) is 0. The Hall–Kier alpha value is -2.74. The van der Waals surface area contributed by atoms with Crippen LogP contribution in [0, 0.1) is 18.3 Å². The van der Waals surface area contributed by atoms with Crippen molar-refractivity contribution in [2.75, 3.05) is 20.0 Å². The average molecular weight is 269 g/mol. The minimum absolute atomic E-state index is 0.234. The molecule has 2 N–H and O–H groups in total. The molecule has 1 aromatic carbocycles. The normalized spacial score (nSPS) is 9.90. The van der Waals surface area contributed by atoms with Crippen molar-refractivity contribution < 1.29 is 9.47 Å². The molecule has 0 radical (unpaired) electrons. The molecule has 5 heteroatoms. The smallest absolute Gasteiger partial charge is 0.161 e. The first-order valence-electron chi connectivity index (χ1n) is 6.00. The fourth-order valence-electron chi connectivity index (χ4n) is 2.05. The summed E-state index contributed by atoms with van der Waals surface area (Å²) < 4.78 is 10.5. The molecule has 5 nitrogen and oxygen atoms in total. The summed E-state index contributed by atoms with van der Waals surface area (Å²) in [4.78, 5) is 4.11. The number of nitriles is 1. The number of hydrogen-bond acceptors (Lipinski definition) is 5. The molecule has 0 saturated heterocycles. The number of benzene rings is 1. The van der Waals surface area contributed by atoms with Crippen molar-refractivity contribution in [2.24, 2.45) is 0 Å². The van der Waals surface area contributed by atoms with Crippen LogP contribution in [0.4, 0.5) is 5.82 Å². The number of pyridine rings is 1. The number of anilines is 1.